The summed E-state index contributed by atoms with van der Waals surface area (Å²) in [5.74, 6) is 0. The lowest BCUT2D eigenvalue weighted by Crippen LogP contribution is -2.48. The van der Waals surface area contributed by atoms with Crippen LogP contribution in [0, 0.1) is 6.92 Å². The molecule has 1 aliphatic rings. The number of halogens is 1. The molecule has 92 valence electrons. The highest BCUT2D eigenvalue weighted by molar-refractivity contribution is 9.10. The maximum absolute atomic E-state index is 11.9. The van der Waals surface area contributed by atoms with Crippen LogP contribution in [0.2, 0.25) is 0 Å². The number of hydrogen-bond donors (Lipinski definition) is 2. The van der Waals surface area contributed by atoms with Crippen molar-refractivity contribution in [1.82, 2.24) is 10.2 Å². The Morgan fingerprint density at radius 1 is 1.41 bits per heavy atom. The van der Waals surface area contributed by atoms with E-state index in [2.05, 4.69) is 26.6 Å². The zero-order valence-corrected chi connectivity index (χ0v) is 11.4. The molecular weight excluding hydrogens is 282 g/mol. The Morgan fingerprint density at radius 3 is 2.76 bits per heavy atom. The Kier molecular flexibility index (Phi) is 4.02. The Bertz CT molecular complexity index is 416. The van der Waals surface area contributed by atoms with E-state index in [1.807, 2.05) is 30.0 Å². The summed E-state index contributed by atoms with van der Waals surface area (Å²) in [4.78, 5) is 13.8. The van der Waals surface area contributed by atoms with Crippen LogP contribution >= 0.6 is 15.9 Å². The number of carbonyl (C=O) groups excluding carboxylic acids is 1. The van der Waals surface area contributed by atoms with Crippen molar-refractivity contribution in [3.8, 4) is 0 Å². The number of anilines is 1. The molecule has 0 saturated carbocycles. The molecule has 0 radical (unpaired) electrons. The van der Waals surface area contributed by atoms with Gasteiger partial charge in [-0.15, -0.1) is 0 Å². The smallest absolute Gasteiger partial charge is 0.321 e. The van der Waals surface area contributed by atoms with E-state index in [1.54, 1.807) is 0 Å². The largest absolute Gasteiger partial charge is 0.322 e. The molecule has 2 amide bonds. The molecule has 5 heteroatoms. The Balaban J connectivity index is 1.99. The molecule has 1 fully saturated rings. The minimum atomic E-state index is -0.0257. The van der Waals surface area contributed by atoms with Crippen LogP contribution in [0.1, 0.15) is 5.56 Å². The highest BCUT2D eigenvalue weighted by Crippen LogP contribution is 2.20. The van der Waals surface area contributed by atoms with Crippen molar-refractivity contribution >= 4 is 27.6 Å². The second kappa shape index (κ2) is 5.51. The van der Waals surface area contributed by atoms with Crippen molar-refractivity contribution in [3.63, 3.8) is 0 Å². The van der Waals surface area contributed by atoms with Crippen LogP contribution in [-0.4, -0.2) is 37.1 Å². The molecule has 0 atom stereocenters. The molecule has 0 aliphatic carbocycles. The van der Waals surface area contributed by atoms with E-state index in [-0.39, 0.29) is 6.03 Å². The molecular formula is C12H16BrN3O. The first-order valence-electron chi connectivity index (χ1n) is 5.69. The van der Waals surface area contributed by atoms with Crippen LogP contribution in [0.5, 0.6) is 0 Å². The molecule has 0 aromatic heterocycles. The molecule has 0 bridgehead atoms. The number of rotatable bonds is 1. The van der Waals surface area contributed by atoms with Gasteiger partial charge in [0.1, 0.15) is 0 Å². The number of benzene rings is 1. The molecule has 17 heavy (non-hydrogen) atoms. The highest BCUT2D eigenvalue weighted by Gasteiger charge is 2.15. The minimum Gasteiger partial charge on any atom is -0.322 e. The third-order valence-electron chi connectivity index (χ3n) is 2.83. The van der Waals surface area contributed by atoms with Gasteiger partial charge in [0.2, 0.25) is 0 Å². The molecule has 1 aromatic rings. The monoisotopic (exact) mass is 297 g/mol. The SMILES string of the molecule is Cc1ccc(NC(=O)N2CCNCC2)cc1Br. The molecule has 4 nitrogen and oxygen atoms in total. The van der Waals surface area contributed by atoms with Crippen molar-refractivity contribution in [1.29, 1.82) is 0 Å². The second-order valence-corrected chi connectivity index (χ2v) is 4.99. The van der Waals surface area contributed by atoms with Crippen LogP contribution in [-0.2, 0) is 0 Å². The maximum atomic E-state index is 11.9. The lowest BCUT2D eigenvalue weighted by Gasteiger charge is -2.27. The number of amides is 2. The lowest BCUT2D eigenvalue weighted by atomic mass is 10.2. The van der Waals surface area contributed by atoms with Gasteiger partial charge < -0.3 is 15.5 Å². The van der Waals surface area contributed by atoms with Gasteiger partial charge in [0, 0.05) is 36.3 Å². The number of nitrogens with zero attached hydrogens (tertiary/aromatic N) is 1. The standard InChI is InChI=1S/C12H16BrN3O/c1-9-2-3-10(8-11(9)13)15-12(17)16-6-4-14-5-7-16/h2-3,8,14H,4-7H2,1H3,(H,15,17). The molecule has 1 saturated heterocycles. The average molecular weight is 298 g/mol. The second-order valence-electron chi connectivity index (χ2n) is 4.13. The number of carbonyl (C=O) groups is 1. The lowest BCUT2D eigenvalue weighted by molar-refractivity contribution is 0.204. The first-order valence-corrected chi connectivity index (χ1v) is 6.49. The Morgan fingerprint density at radius 2 is 2.12 bits per heavy atom. The van der Waals surface area contributed by atoms with E-state index in [4.69, 9.17) is 0 Å². The van der Waals surface area contributed by atoms with Gasteiger partial charge >= 0.3 is 6.03 Å². The summed E-state index contributed by atoms with van der Waals surface area (Å²) in [5, 5.41) is 6.13. The number of nitrogens with one attached hydrogen (secondary N) is 2. The van der Waals surface area contributed by atoms with E-state index >= 15 is 0 Å². The fourth-order valence-corrected chi connectivity index (χ4v) is 2.12. The summed E-state index contributed by atoms with van der Waals surface area (Å²) in [5.41, 5.74) is 1.98. The average Bonchev–Trinajstić information content (AvgIpc) is 2.35. The Hall–Kier alpha value is -1.07. The summed E-state index contributed by atoms with van der Waals surface area (Å²) < 4.78 is 1.01. The highest BCUT2D eigenvalue weighted by atomic mass is 79.9. The normalized spacial score (nSPS) is 15.8. The van der Waals surface area contributed by atoms with E-state index in [0.29, 0.717) is 0 Å². The molecule has 1 heterocycles. The van der Waals surface area contributed by atoms with Gasteiger partial charge in [-0.1, -0.05) is 22.0 Å². The van der Waals surface area contributed by atoms with E-state index in [1.165, 1.54) is 0 Å². The van der Waals surface area contributed by atoms with Crippen molar-refractivity contribution in [3.05, 3.63) is 28.2 Å². The van der Waals surface area contributed by atoms with Gasteiger partial charge in [-0.3, -0.25) is 0 Å². The first-order chi connectivity index (χ1) is 8.16. The predicted molar refractivity (Wildman–Crippen MR) is 72.3 cm³/mol. The number of aryl methyl sites for hydroxylation is 1. The number of hydrogen-bond acceptors (Lipinski definition) is 2. The van der Waals surface area contributed by atoms with Crippen LogP contribution in [0.15, 0.2) is 22.7 Å². The molecule has 0 unspecified atom stereocenters. The topological polar surface area (TPSA) is 44.4 Å². The van der Waals surface area contributed by atoms with Crippen LogP contribution in [0.25, 0.3) is 0 Å². The third-order valence-corrected chi connectivity index (χ3v) is 3.68. The number of piperazine rings is 1. The first kappa shape index (κ1) is 12.4. The van der Waals surface area contributed by atoms with E-state index in [9.17, 15) is 4.79 Å². The fourth-order valence-electron chi connectivity index (χ4n) is 1.74. The van der Waals surface area contributed by atoms with Gasteiger partial charge in [0.25, 0.3) is 0 Å². The quantitative estimate of drug-likeness (QED) is 0.835. The van der Waals surface area contributed by atoms with Crippen LogP contribution < -0.4 is 10.6 Å². The summed E-state index contributed by atoms with van der Waals surface area (Å²) in [6.45, 7) is 5.28. The summed E-state index contributed by atoms with van der Waals surface area (Å²) in [6.07, 6.45) is 0. The van der Waals surface area contributed by atoms with Crippen molar-refractivity contribution < 1.29 is 4.79 Å². The van der Waals surface area contributed by atoms with Gasteiger partial charge in [0.15, 0.2) is 0 Å². The van der Waals surface area contributed by atoms with E-state index in [0.717, 1.165) is 41.9 Å². The van der Waals surface area contributed by atoms with Crippen molar-refractivity contribution in [2.24, 2.45) is 0 Å². The zero-order chi connectivity index (χ0) is 12.3. The molecule has 0 spiro atoms. The van der Waals surface area contributed by atoms with Gasteiger partial charge in [-0.25, -0.2) is 4.79 Å². The van der Waals surface area contributed by atoms with Gasteiger partial charge in [-0.05, 0) is 24.6 Å². The molecule has 2 N–H and O–H groups in total. The number of urea groups is 1. The summed E-state index contributed by atoms with van der Waals surface area (Å²) in [7, 11) is 0. The van der Waals surface area contributed by atoms with Crippen molar-refractivity contribution in [2.45, 2.75) is 6.92 Å². The predicted octanol–water partition coefficient (Wildman–Crippen LogP) is 2.19. The molecule has 1 aromatic carbocycles. The van der Waals surface area contributed by atoms with E-state index < -0.39 is 0 Å². The third kappa shape index (κ3) is 3.20. The van der Waals surface area contributed by atoms with Crippen LogP contribution in [0.4, 0.5) is 10.5 Å². The summed E-state index contributed by atoms with van der Waals surface area (Å²) >= 11 is 3.46. The van der Waals surface area contributed by atoms with Crippen LogP contribution in [0.3, 0.4) is 0 Å². The molecule has 1 aliphatic heterocycles. The summed E-state index contributed by atoms with van der Waals surface area (Å²) in [6, 6.07) is 5.80. The van der Waals surface area contributed by atoms with Gasteiger partial charge in [0.05, 0.1) is 0 Å². The minimum absolute atomic E-state index is 0.0257. The zero-order valence-electron chi connectivity index (χ0n) is 9.79. The maximum Gasteiger partial charge on any atom is 0.321 e. The van der Waals surface area contributed by atoms with Gasteiger partial charge in [-0.2, -0.15) is 0 Å². The fraction of sp³-hybridized carbons (Fsp3) is 0.417. The molecule has 2 rings (SSSR count). The van der Waals surface area contributed by atoms with Crippen molar-refractivity contribution in [2.75, 3.05) is 31.5 Å². The Labute approximate surface area is 110 Å².